The molecule has 458 valence electrons. The van der Waals surface area contributed by atoms with Gasteiger partial charge in [-0.25, -0.2) is 9.69 Å². The Kier molecular flexibility index (Phi) is 14.1. The molecule has 0 unspecified atom stereocenters. The molecule has 3 heterocycles. The lowest BCUT2D eigenvalue weighted by Gasteiger charge is -2.15. The first-order chi connectivity index (χ1) is 47.2. The fraction of sp³-hybridized carbons (Fsp3) is 0.0889. The van der Waals surface area contributed by atoms with Gasteiger partial charge in [-0.1, -0.05) is 127 Å². The summed E-state index contributed by atoms with van der Waals surface area (Å²) in [5.41, 5.74) is 31.0. The lowest BCUT2D eigenvalue weighted by Crippen LogP contribution is -1.99. The van der Waals surface area contributed by atoms with E-state index in [0.29, 0.717) is 33.9 Å². The maximum absolute atomic E-state index is 11.4. The quantitative estimate of drug-likeness (QED) is 0.135. The lowest BCUT2D eigenvalue weighted by atomic mass is 9.93. The zero-order chi connectivity index (χ0) is 66.7. The van der Waals surface area contributed by atoms with Gasteiger partial charge in [0.05, 0.1) is 80.9 Å². The second-order valence-corrected chi connectivity index (χ2v) is 26.0. The molecule has 16 rings (SSSR count). The highest BCUT2D eigenvalue weighted by Gasteiger charge is 2.26. The number of para-hydroxylation sites is 1. The lowest BCUT2D eigenvalue weighted by molar-refractivity contribution is 1.17. The van der Waals surface area contributed by atoms with Gasteiger partial charge in [-0.05, 0) is 276 Å². The normalized spacial score (nSPS) is 11.5. The highest BCUT2D eigenvalue weighted by atomic mass is 15.0. The number of hydrogen-bond donors (Lipinski definition) is 0. The van der Waals surface area contributed by atoms with E-state index in [1.807, 2.05) is 42.5 Å². The van der Waals surface area contributed by atoms with Gasteiger partial charge >= 0.3 is 0 Å². The zero-order valence-corrected chi connectivity index (χ0v) is 55.1. The average molecular weight is 1240 g/mol. The maximum Gasteiger partial charge on any atom is 0.212 e. The van der Waals surface area contributed by atoms with Crippen LogP contribution in [-0.4, -0.2) is 13.7 Å². The summed E-state index contributed by atoms with van der Waals surface area (Å²) in [6.45, 7) is 35.1. The maximum atomic E-state index is 11.4. The van der Waals surface area contributed by atoms with Crippen LogP contribution in [-0.2, 0) is 0 Å². The highest BCUT2D eigenvalue weighted by molar-refractivity contribution is 6.15. The minimum Gasteiger partial charge on any atom is -0.318 e. The van der Waals surface area contributed by atoms with Crippen molar-refractivity contribution in [3.05, 3.63) is 315 Å². The topological polar surface area (TPSA) is 71.1 Å². The molecular formula is C90H63N7. The number of nitriles is 2. The van der Waals surface area contributed by atoms with E-state index in [0.717, 1.165) is 116 Å². The number of aromatic nitrogens is 3. The molecule has 0 aliphatic heterocycles. The molecule has 13 aromatic carbocycles. The molecule has 0 bridgehead atoms. The number of nitrogens with zero attached hydrogens (tertiary/aromatic N) is 7. The average Bonchev–Trinajstić information content (AvgIpc) is 1.59. The van der Waals surface area contributed by atoms with Gasteiger partial charge in [-0.2, -0.15) is 10.5 Å². The van der Waals surface area contributed by atoms with E-state index in [1.165, 1.54) is 66.8 Å². The van der Waals surface area contributed by atoms with Gasteiger partial charge in [-0.3, -0.25) is 0 Å². The molecule has 0 aliphatic carbocycles. The van der Waals surface area contributed by atoms with Crippen molar-refractivity contribution in [1.82, 2.24) is 13.7 Å². The molecule has 0 aliphatic rings. The minimum absolute atomic E-state index is 0.358. The van der Waals surface area contributed by atoms with Crippen molar-refractivity contribution < 1.29 is 0 Å². The summed E-state index contributed by atoms with van der Waals surface area (Å²) in [4.78, 5) is 8.53. The molecule has 0 saturated carbocycles. The van der Waals surface area contributed by atoms with E-state index < -0.39 is 0 Å². The van der Waals surface area contributed by atoms with Gasteiger partial charge in [0.2, 0.25) is 11.4 Å². The van der Waals surface area contributed by atoms with Gasteiger partial charge in [0.1, 0.15) is 0 Å². The molecule has 7 heteroatoms. The van der Waals surface area contributed by atoms with Gasteiger partial charge in [0, 0.05) is 38.0 Å². The number of benzene rings is 13. The molecule has 0 N–H and O–H groups in total. The number of rotatable bonds is 9. The zero-order valence-electron chi connectivity index (χ0n) is 55.1. The Morgan fingerprint density at radius 1 is 0.268 bits per heavy atom. The second-order valence-electron chi connectivity index (χ2n) is 26.0. The third-order valence-corrected chi connectivity index (χ3v) is 20.2. The summed E-state index contributed by atoms with van der Waals surface area (Å²) in [5.74, 6) is 0. The van der Waals surface area contributed by atoms with Crippen LogP contribution < -0.4 is 0 Å². The monoisotopic (exact) mass is 1240 g/mol. The Bertz CT molecular complexity index is 5540. The van der Waals surface area contributed by atoms with Crippen molar-refractivity contribution in [1.29, 1.82) is 10.5 Å². The van der Waals surface area contributed by atoms with Gasteiger partial charge < -0.3 is 13.7 Å². The molecule has 0 radical (unpaired) electrons. The van der Waals surface area contributed by atoms with E-state index in [9.17, 15) is 10.5 Å². The van der Waals surface area contributed by atoms with Gasteiger partial charge in [0.15, 0.2) is 0 Å². The van der Waals surface area contributed by atoms with Crippen LogP contribution in [0.1, 0.15) is 55.6 Å². The van der Waals surface area contributed by atoms with Crippen LogP contribution in [0.5, 0.6) is 0 Å². The summed E-state index contributed by atoms with van der Waals surface area (Å²) in [6.07, 6.45) is 0. The first-order valence-electron chi connectivity index (χ1n) is 32.7. The molecule has 0 amide bonds. The summed E-state index contributed by atoms with van der Waals surface area (Å²) in [6, 6.07) is 88.0. The fourth-order valence-corrected chi connectivity index (χ4v) is 15.8. The van der Waals surface area contributed by atoms with Crippen molar-refractivity contribution in [2.24, 2.45) is 0 Å². The number of aryl methyl sites for hydroxylation is 8. The van der Waals surface area contributed by atoms with Crippen molar-refractivity contribution in [2.75, 3.05) is 0 Å². The smallest absolute Gasteiger partial charge is 0.212 e. The van der Waals surface area contributed by atoms with Crippen LogP contribution in [0.15, 0.2) is 237 Å². The summed E-state index contributed by atoms with van der Waals surface area (Å²) in [7, 11) is 0. The molecular weight excluding hydrogens is 1180 g/mol. The van der Waals surface area contributed by atoms with Gasteiger partial charge in [0.25, 0.3) is 0 Å². The predicted octanol–water partition coefficient (Wildman–Crippen LogP) is 24.3. The van der Waals surface area contributed by atoms with E-state index in [4.69, 9.17) is 13.1 Å². The molecule has 0 saturated heterocycles. The molecule has 97 heavy (non-hydrogen) atoms. The van der Waals surface area contributed by atoms with E-state index in [-0.39, 0.29) is 0 Å². The van der Waals surface area contributed by atoms with E-state index in [1.54, 1.807) is 0 Å². The van der Waals surface area contributed by atoms with Crippen molar-refractivity contribution in [3.8, 4) is 96.0 Å². The molecule has 7 nitrogen and oxygen atoms in total. The molecule has 16 aromatic rings. The fourth-order valence-electron chi connectivity index (χ4n) is 15.8. The Labute approximate surface area is 564 Å². The van der Waals surface area contributed by atoms with Crippen LogP contribution in [0, 0.1) is 91.2 Å². The first kappa shape index (κ1) is 59.2. The highest BCUT2D eigenvalue weighted by Crippen LogP contribution is 2.47. The van der Waals surface area contributed by atoms with Crippen LogP contribution in [0.25, 0.3) is 159 Å². The molecule has 0 spiro atoms. The Hall–Kier alpha value is -12.8. The van der Waals surface area contributed by atoms with Gasteiger partial charge in [-0.15, -0.1) is 0 Å². The number of fused-ring (bicyclic) bond motifs is 9. The van der Waals surface area contributed by atoms with Crippen LogP contribution in [0.3, 0.4) is 0 Å². The van der Waals surface area contributed by atoms with Crippen molar-refractivity contribution in [3.63, 3.8) is 0 Å². The summed E-state index contributed by atoms with van der Waals surface area (Å²) < 4.78 is 6.52. The Balaban J connectivity index is 0.856. The molecule has 3 aromatic heterocycles. The summed E-state index contributed by atoms with van der Waals surface area (Å²) in [5, 5.41) is 28.9. The largest absolute Gasteiger partial charge is 0.318 e. The minimum atomic E-state index is 0.358. The van der Waals surface area contributed by atoms with Crippen LogP contribution >= 0.6 is 0 Å². The second kappa shape index (κ2) is 23.1. The summed E-state index contributed by atoms with van der Waals surface area (Å²) >= 11 is 0. The van der Waals surface area contributed by atoms with E-state index in [2.05, 4.69) is 285 Å². The first-order valence-corrected chi connectivity index (χ1v) is 32.7. The SMILES string of the molecule is [C-]#[N+]c1cc(-c2ccc3c(c2)c2cc(-c4cc(C#N)c(-n5c6ccc(-c7c(C)cccc7C)cc6c6cc(-c7c(C)cccc7C)ccc65)c([N+]#[C-])c4)ccc2n3-c2ccccc2)cc(C#N)c1-n1c2ccc(-c3c(C)cccc3C)cc2c2cc(-c3c(C)cccc3C)ccc21. The van der Waals surface area contributed by atoms with E-state index >= 15 is 0 Å². The number of hydrogen-bond acceptors (Lipinski definition) is 2. The van der Waals surface area contributed by atoms with Crippen molar-refractivity contribution >= 4 is 76.8 Å². The van der Waals surface area contributed by atoms with Crippen LogP contribution in [0.2, 0.25) is 0 Å². The molecule has 0 atom stereocenters. The third-order valence-electron chi connectivity index (χ3n) is 20.2. The van der Waals surface area contributed by atoms with Crippen molar-refractivity contribution in [2.45, 2.75) is 55.4 Å². The standard InChI is InChI=1S/C90H63N7/c1-52-18-14-19-53(2)85(52)62-30-36-81-73(44-62)74-45-63(86-54(3)20-15-21-55(86)4)31-37-82(74)96(81)89-68(50-91)40-66(48-77(89)93-9)60-28-34-79-71(42-60)72-43-61(29-35-80(72)95(79)70-26-12-11-13-27-70)67-41-69(51-92)90(78(49-67)94-10)97-83-38-32-64(87-56(5)22-16-23-57(87)6)46-75(83)76-47-65(33-39-84(76)97)88-58(7)24-17-25-59(88)8/h11-49H,1-8H3. The Morgan fingerprint density at radius 3 is 0.794 bits per heavy atom. The van der Waals surface area contributed by atoms with Crippen LogP contribution in [0.4, 0.5) is 11.4 Å². The predicted molar refractivity (Wildman–Crippen MR) is 402 cm³/mol. The third kappa shape index (κ3) is 9.43. The Morgan fingerprint density at radius 2 is 0.526 bits per heavy atom. The molecule has 0 fully saturated rings.